The summed E-state index contributed by atoms with van der Waals surface area (Å²) in [5.74, 6) is -0.994. The topological polar surface area (TPSA) is 78.9 Å². The number of allylic oxidation sites excluding steroid dienone is 12. The number of carbonyl (C=O) groups excluding carboxylic acids is 3. The first-order valence-electron chi connectivity index (χ1n) is 30.4. The summed E-state index contributed by atoms with van der Waals surface area (Å²) in [6, 6.07) is 0. The lowest BCUT2D eigenvalue weighted by atomic mass is 10.0. The second kappa shape index (κ2) is 59.4. The molecular formula is C65H114O6. The molecule has 0 amide bonds. The number of rotatable bonds is 55. The average molecular weight is 992 g/mol. The van der Waals surface area contributed by atoms with Gasteiger partial charge in [-0.25, -0.2) is 0 Å². The molecule has 1 atom stereocenters. The fraction of sp³-hybridized carbons (Fsp3) is 0.769. The third-order valence-corrected chi connectivity index (χ3v) is 13.2. The molecule has 0 aliphatic carbocycles. The molecule has 0 aromatic rings. The molecular weight excluding hydrogens is 877 g/mol. The summed E-state index contributed by atoms with van der Waals surface area (Å²) in [5, 5.41) is 0. The molecule has 0 aliphatic heterocycles. The summed E-state index contributed by atoms with van der Waals surface area (Å²) in [6.07, 6.45) is 77.0. The molecule has 6 heteroatoms. The lowest BCUT2D eigenvalue weighted by molar-refractivity contribution is -0.166. The van der Waals surface area contributed by atoms with Crippen LogP contribution in [-0.4, -0.2) is 37.2 Å². The maximum Gasteiger partial charge on any atom is 0.306 e. The molecule has 71 heavy (non-hydrogen) atoms. The maximum absolute atomic E-state index is 12.7. The zero-order valence-electron chi connectivity index (χ0n) is 47.0. The first-order valence-corrected chi connectivity index (χ1v) is 30.4. The van der Waals surface area contributed by atoms with Crippen molar-refractivity contribution < 1.29 is 28.6 Å². The lowest BCUT2D eigenvalue weighted by Crippen LogP contribution is -2.30. The van der Waals surface area contributed by atoms with Crippen molar-refractivity contribution in [3.05, 3.63) is 72.9 Å². The first-order chi connectivity index (χ1) is 35.0. The number of ether oxygens (including phenoxy) is 3. The summed E-state index contributed by atoms with van der Waals surface area (Å²) in [6.45, 7) is 6.41. The molecule has 1 unspecified atom stereocenters. The summed E-state index contributed by atoms with van der Waals surface area (Å²) in [4.78, 5) is 37.8. The average Bonchev–Trinajstić information content (AvgIpc) is 3.37. The van der Waals surface area contributed by atoms with E-state index in [0.29, 0.717) is 19.3 Å². The second-order valence-electron chi connectivity index (χ2n) is 20.2. The Morgan fingerprint density at radius 2 is 0.549 bits per heavy atom. The maximum atomic E-state index is 12.7. The van der Waals surface area contributed by atoms with Crippen molar-refractivity contribution in [1.82, 2.24) is 0 Å². The smallest absolute Gasteiger partial charge is 0.306 e. The number of unbranched alkanes of at least 4 members (excludes halogenated alkanes) is 32. The standard InChI is InChI=1S/C65H114O6/c1-4-7-10-13-15-17-19-21-23-25-27-28-29-30-31-32-33-34-35-36-38-39-41-43-45-47-49-52-55-58-64(67)70-61-62(60-69-63(66)57-54-51-12-9-6-3)71-65(68)59-56-53-50-48-46-44-42-40-37-26-24-22-20-18-16-14-11-8-5-2/h8,11,16,18,22,24,37,40,44,46,50,53,62H,4-7,9-10,12-15,17,19-21,23,25-36,38-39,41-43,45,47-49,51-52,54-61H2,1-3H3/b11-8-,18-16-,24-22-,40-37-,46-44-,53-50-. The van der Waals surface area contributed by atoms with Gasteiger partial charge in [0.05, 0.1) is 0 Å². The Morgan fingerprint density at radius 1 is 0.296 bits per heavy atom. The fourth-order valence-corrected chi connectivity index (χ4v) is 8.71. The van der Waals surface area contributed by atoms with Gasteiger partial charge in [-0.3, -0.25) is 14.4 Å². The molecule has 6 nitrogen and oxygen atoms in total. The van der Waals surface area contributed by atoms with E-state index in [1.165, 1.54) is 167 Å². The van der Waals surface area contributed by atoms with Crippen molar-refractivity contribution in [2.75, 3.05) is 13.2 Å². The molecule has 0 rings (SSSR count). The Labute approximate surface area is 440 Å². The van der Waals surface area contributed by atoms with Gasteiger partial charge in [0.1, 0.15) is 13.2 Å². The van der Waals surface area contributed by atoms with Crippen molar-refractivity contribution in [2.45, 2.75) is 309 Å². The van der Waals surface area contributed by atoms with Crippen molar-refractivity contribution in [3.63, 3.8) is 0 Å². The SMILES string of the molecule is CC/C=C\C/C=C\C/C=C\C/C=C\C/C=C\C/C=C\CCC(=O)OC(COC(=O)CCCCCCC)COC(=O)CCCCCCCCCCCCCCCCCCCCCCCCCCCCCCC. The first kappa shape index (κ1) is 67.8. The van der Waals surface area contributed by atoms with Crippen LogP contribution in [0.15, 0.2) is 72.9 Å². The minimum Gasteiger partial charge on any atom is -0.462 e. The molecule has 0 N–H and O–H groups in total. The number of carbonyl (C=O) groups is 3. The summed E-state index contributed by atoms with van der Waals surface area (Å²) in [5.41, 5.74) is 0. The summed E-state index contributed by atoms with van der Waals surface area (Å²) < 4.78 is 16.7. The van der Waals surface area contributed by atoms with Gasteiger partial charge in [-0.15, -0.1) is 0 Å². The van der Waals surface area contributed by atoms with Crippen LogP contribution in [-0.2, 0) is 28.6 Å². The van der Waals surface area contributed by atoms with Gasteiger partial charge in [-0.05, 0) is 57.8 Å². The van der Waals surface area contributed by atoms with Crippen molar-refractivity contribution in [3.8, 4) is 0 Å². The van der Waals surface area contributed by atoms with Gasteiger partial charge in [0.15, 0.2) is 6.10 Å². The molecule has 0 aliphatic rings. The second-order valence-corrected chi connectivity index (χ2v) is 20.2. The number of esters is 3. The van der Waals surface area contributed by atoms with Gasteiger partial charge in [-0.1, -0.05) is 299 Å². The van der Waals surface area contributed by atoms with Crippen LogP contribution in [0.25, 0.3) is 0 Å². The van der Waals surface area contributed by atoms with E-state index >= 15 is 0 Å². The molecule has 0 fully saturated rings. The Balaban J connectivity index is 4.05. The van der Waals surface area contributed by atoms with E-state index in [4.69, 9.17) is 14.2 Å². The van der Waals surface area contributed by atoms with Gasteiger partial charge >= 0.3 is 17.9 Å². The largest absolute Gasteiger partial charge is 0.462 e. The van der Waals surface area contributed by atoms with Gasteiger partial charge in [-0.2, -0.15) is 0 Å². The molecule has 0 heterocycles. The van der Waals surface area contributed by atoms with Gasteiger partial charge < -0.3 is 14.2 Å². The van der Waals surface area contributed by atoms with E-state index in [-0.39, 0.29) is 31.6 Å². The molecule has 0 aromatic heterocycles. The van der Waals surface area contributed by atoms with Crippen molar-refractivity contribution in [2.24, 2.45) is 0 Å². The Hall–Kier alpha value is -3.15. The number of hydrogen-bond acceptors (Lipinski definition) is 6. The van der Waals surface area contributed by atoms with Gasteiger partial charge in [0.2, 0.25) is 0 Å². The van der Waals surface area contributed by atoms with Crippen molar-refractivity contribution in [1.29, 1.82) is 0 Å². The summed E-state index contributed by atoms with van der Waals surface area (Å²) >= 11 is 0. The Kier molecular flexibility index (Phi) is 56.8. The van der Waals surface area contributed by atoms with E-state index in [1.807, 2.05) is 12.2 Å². The monoisotopic (exact) mass is 991 g/mol. The van der Waals surface area contributed by atoms with E-state index in [0.717, 1.165) is 89.9 Å². The van der Waals surface area contributed by atoms with Crippen LogP contribution in [0.1, 0.15) is 303 Å². The summed E-state index contributed by atoms with van der Waals surface area (Å²) in [7, 11) is 0. The highest BCUT2D eigenvalue weighted by molar-refractivity contribution is 5.71. The quantitative estimate of drug-likeness (QED) is 0.0261. The zero-order chi connectivity index (χ0) is 51.4. The van der Waals surface area contributed by atoms with Crippen LogP contribution in [0.5, 0.6) is 0 Å². The van der Waals surface area contributed by atoms with Gasteiger partial charge in [0.25, 0.3) is 0 Å². The fourth-order valence-electron chi connectivity index (χ4n) is 8.71. The van der Waals surface area contributed by atoms with Crippen LogP contribution in [0.3, 0.4) is 0 Å². The van der Waals surface area contributed by atoms with Crippen molar-refractivity contribution >= 4 is 17.9 Å². The predicted octanol–water partition coefficient (Wildman–Crippen LogP) is 20.5. The number of hydrogen-bond donors (Lipinski definition) is 0. The minimum absolute atomic E-state index is 0.103. The third-order valence-electron chi connectivity index (χ3n) is 13.2. The normalized spacial score (nSPS) is 12.5. The Morgan fingerprint density at radius 3 is 0.831 bits per heavy atom. The molecule has 410 valence electrons. The molecule has 0 bridgehead atoms. The molecule has 0 saturated heterocycles. The van der Waals surface area contributed by atoms with E-state index < -0.39 is 12.1 Å². The molecule has 0 saturated carbocycles. The predicted molar refractivity (Wildman–Crippen MR) is 307 cm³/mol. The van der Waals surface area contributed by atoms with E-state index in [1.54, 1.807) is 0 Å². The van der Waals surface area contributed by atoms with Crippen LogP contribution < -0.4 is 0 Å². The zero-order valence-corrected chi connectivity index (χ0v) is 47.0. The van der Waals surface area contributed by atoms with Crippen LogP contribution >= 0.6 is 0 Å². The van der Waals surface area contributed by atoms with Crippen LogP contribution in [0.4, 0.5) is 0 Å². The molecule has 0 spiro atoms. The van der Waals surface area contributed by atoms with Crippen LogP contribution in [0, 0.1) is 0 Å². The highest BCUT2D eigenvalue weighted by Gasteiger charge is 2.19. The van der Waals surface area contributed by atoms with E-state index in [9.17, 15) is 14.4 Å². The highest BCUT2D eigenvalue weighted by Crippen LogP contribution is 2.17. The van der Waals surface area contributed by atoms with E-state index in [2.05, 4.69) is 81.5 Å². The van der Waals surface area contributed by atoms with Gasteiger partial charge in [0, 0.05) is 19.3 Å². The van der Waals surface area contributed by atoms with Crippen LogP contribution in [0.2, 0.25) is 0 Å². The third kappa shape index (κ3) is 57.6. The lowest BCUT2D eigenvalue weighted by Gasteiger charge is -2.18. The molecule has 0 aromatic carbocycles. The molecule has 0 radical (unpaired) electrons. The Bertz CT molecular complexity index is 1320. The highest BCUT2D eigenvalue weighted by atomic mass is 16.6. The minimum atomic E-state index is -0.811.